The van der Waals surface area contributed by atoms with Gasteiger partial charge in [0, 0.05) is 15.6 Å². The molecule has 2 rings (SSSR count). The smallest absolute Gasteiger partial charge is 0.121 e. The fourth-order valence-corrected chi connectivity index (χ4v) is 2.30. The Labute approximate surface area is 119 Å². The molecule has 0 fully saturated rings. The standard InChI is InChI=1S/C13H12BrClN2O/c1-18-9-3-5-13(11(16)7-9)17-12-4-2-8(15)6-10(12)14/h2-7,17H,16H2,1H3. The van der Waals surface area contributed by atoms with Gasteiger partial charge in [-0.05, 0) is 46.3 Å². The summed E-state index contributed by atoms with van der Waals surface area (Å²) in [5, 5.41) is 3.91. The van der Waals surface area contributed by atoms with E-state index in [1.165, 1.54) is 0 Å². The van der Waals surface area contributed by atoms with Crippen LogP contribution in [0.5, 0.6) is 5.75 Å². The van der Waals surface area contributed by atoms with Gasteiger partial charge in [-0.2, -0.15) is 0 Å². The molecular weight excluding hydrogens is 316 g/mol. The van der Waals surface area contributed by atoms with Gasteiger partial charge in [0.25, 0.3) is 0 Å². The van der Waals surface area contributed by atoms with Crippen molar-refractivity contribution in [3.8, 4) is 5.75 Å². The minimum Gasteiger partial charge on any atom is -0.497 e. The largest absolute Gasteiger partial charge is 0.497 e. The second-order valence-electron chi connectivity index (χ2n) is 3.70. The monoisotopic (exact) mass is 326 g/mol. The van der Waals surface area contributed by atoms with Crippen LogP contribution in [-0.2, 0) is 0 Å². The Kier molecular flexibility index (Phi) is 3.99. The van der Waals surface area contributed by atoms with Gasteiger partial charge in [-0.25, -0.2) is 0 Å². The fraction of sp³-hybridized carbons (Fsp3) is 0.0769. The molecule has 0 spiro atoms. The van der Waals surface area contributed by atoms with Crippen molar-refractivity contribution in [2.75, 3.05) is 18.2 Å². The lowest BCUT2D eigenvalue weighted by atomic mass is 10.2. The van der Waals surface area contributed by atoms with Crippen LogP contribution in [-0.4, -0.2) is 7.11 Å². The van der Waals surface area contributed by atoms with Crippen molar-refractivity contribution in [2.24, 2.45) is 0 Å². The minimum atomic E-state index is 0.621. The maximum atomic E-state index is 5.94. The number of hydrogen-bond acceptors (Lipinski definition) is 3. The summed E-state index contributed by atoms with van der Waals surface area (Å²) >= 11 is 9.34. The van der Waals surface area contributed by atoms with Gasteiger partial charge in [0.1, 0.15) is 5.75 Å². The number of nitrogen functional groups attached to an aromatic ring is 1. The van der Waals surface area contributed by atoms with E-state index in [4.69, 9.17) is 22.1 Å². The summed E-state index contributed by atoms with van der Waals surface area (Å²) in [7, 11) is 1.61. The van der Waals surface area contributed by atoms with Crippen molar-refractivity contribution < 1.29 is 4.74 Å². The van der Waals surface area contributed by atoms with Gasteiger partial charge in [-0.1, -0.05) is 11.6 Å². The number of rotatable bonds is 3. The Hall–Kier alpha value is -1.39. The van der Waals surface area contributed by atoms with Crippen molar-refractivity contribution in [2.45, 2.75) is 0 Å². The molecule has 3 nitrogen and oxygen atoms in total. The van der Waals surface area contributed by atoms with Gasteiger partial charge >= 0.3 is 0 Å². The molecule has 94 valence electrons. The second-order valence-corrected chi connectivity index (χ2v) is 4.99. The van der Waals surface area contributed by atoms with Gasteiger partial charge < -0.3 is 15.8 Å². The quantitative estimate of drug-likeness (QED) is 0.819. The van der Waals surface area contributed by atoms with Gasteiger partial charge in [0.2, 0.25) is 0 Å². The molecule has 0 saturated carbocycles. The molecule has 0 amide bonds. The zero-order chi connectivity index (χ0) is 13.1. The molecule has 0 aliphatic carbocycles. The number of hydrogen-bond donors (Lipinski definition) is 2. The van der Waals surface area contributed by atoms with Crippen LogP contribution in [0.1, 0.15) is 0 Å². The maximum absolute atomic E-state index is 5.94. The van der Waals surface area contributed by atoms with Crippen molar-refractivity contribution in [1.82, 2.24) is 0 Å². The van der Waals surface area contributed by atoms with Crippen LogP contribution in [0.2, 0.25) is 5.02 Å². The molecule has 0 heterocycles. The Morgan fingerprint density at radius 1 is 1.17 bits per heavy atom. The summed E-state index contributed by atoms with van der Waals surface area (Å²) in [5.41, 5.74) is 8.28. The summed E-state index contributed by atoms with van der Waals surface area (Å²) in [5.74, 6) is 0.730. The average Bonchev–Trinajstić information content (AvgIpc) is 2.34. The van der Waals surface area contributed by atoms with E-state index in [-0.39, 0.29) is 0 Å². The molecule has 0 aliphatic rings. The van der Waals surface area contributed by atoms with Crippen molar-refractivity contribution in [3.05, 3.63) is 45.9 Å². The SMILES string of the molecule is COc1ccc(Nc2ccc(Cl)cc2Br)c(N)c1. The lowest BCUT2D eigenvalue weighted by Gasteiger charge is -2.12. The molecule has 0 radical (unpaired) electrons. The number of nitrogens with one attached hydrogen (secondary N) is 1. The Bertz CT molecular complexity index is 575. The molecule has 18 heavy (non-hydrogen) atoms. The molecule has 3 N–H and O–H groups in total. The van der Waals surface area contributed by atoms with E-state index in [9.17, 15) is 0 Å². The highest BCUT2D eigenvalue weighted by molar-refractivity contribution is 9.10. The predicted molar refractivity (Wildman–Crippen MR) is 79.8 cm³/mol. The third-order valence-corrected chi connectivity index (χ3v) is 3.35. The molecule has 0 atom stereocenters. The van der Waals surface area contributed by atoms with Crippen LogP contribution in [0.25, 0.3) is 0 Å². The van der Waals surface area contributed by atoms with Gasteiger partial charge in [0.05, 0.1) is 24.2 Å². The van der Waals surface area contributed by atoms with Crippen molar-refractivity contribution in [1.29, 1.82) is 0 Å². The van der Waals surface area contributed by atoms with Crippen LogP contribution in [0.15, 0.2) is 40.9 Å². The first kappa shape index (κ1) is 13.1. The van der Waals surface area contributed by atoms with Crippen molar-refractivity contribution >= 4 is 44.6 Å². The first-order valence-corrected chi connectivity index (χ1v) is 6.43. The molecule has 0 bridgehead atoms. The van der Waals surface area contributed by atoms with E-state index < -0.39 is 0 Å². The minimum absolute atomic E-state index is 0.621. The van der Waals surface area contributed by atoms with E-state index >= 15 is 0 Å². The van der Waals surface area contributed by atoms with Crippen LogP contribution < -0.4 is 15.8 Å². The molecule has 2 aromatic rings. The van der Waals surface area contributed by atoms with E-state index in [0.717, 1.165) is 21.6 Å². The number of methoxy groups -OCH3 is 1. The number of anilines is 3. The topological polar surface area (TPSA) is 47.3 Å². The van der Waals surface area contributed by atoms with Gasteiger partial charge in [-0.15, -0.1) is 0 Å². The number of nitrogens with two attached hydrogens (primary N) is 1. The third kappa shape index (κ3) is 2.89. The lowest BCUT2D eigenvalue weighted by molar-refractivity contribution is 0.415. The Morgan fingerprint density at radius 2 is 1.89 bits per heavy atom. The second kappa shape index (κ2) is 5.50. The fourth-order valence-electron chi connectivity index (χ4n) is 1.52. The molecular formula is C13H12BrClN2O. The normalized spacial score (nSPS) is 10.2. The van der Waals surface area contributed by atoms with Gasteiger partial charge in [0.15, 0.2) is 0 Å². The summed E-state index contributed by atoms with van der Waals surface area (Å²) in [6, 6.07) is 11.0. The van der Waals surface area contributed by atoms with E-state index in [0.29, 0.717) is 10.7 Å². The Morgan fingerprint density at radius 3 is 2.50 bits per heavy atom. The first-order valence-electron chi connectivity index (χ1n) is 5.26. The number of halogens is 2. The summed E-state index contributed by atoms with van der Waals surface area (Å²) < 4.78 is 5.99. The highest BCUT2D eigenvalue weighted by atomic mass is 79.9. The van der Waals surface area contributed by atoms with Crippen LogP contribution in [0.3, 0.4) is 0 Å². The van der Waals surface area contributed by atoms with Crippen LogP contribution in [0.4, 0.5) is 17.1 Å². The molecule has 0 unspecified atom stereocenters. The zero-order valence-electron chi connectivity index (χ0n) is 9.71. The first-order chi connectivity index (χ1) is 8.60. The van der Waals surface area contributed by atoms with Gasteiger partial charge in [-0.3, -0.25) is 0 Å². The summed E-state index contributed by atoms with van der Waals surface area (Å²) in [6.45, 7) is 0. The van der Waals surface area contributed by atoms with Crippen LogP contribution >= 0.6 is 27.5 Å². The lowest BCUT2D eigenvalue weighted by Crippen LogP contribution is -1.97. The predicted octanol–water partition coefficient (Wildman–Crippen LogP) is 4.44. The maximum Gasteiger partial charge on any atom is 0.121 e. The summed E-state index contributed by atoms with van der Waals surface area (Å²) in [4.78, 5) is 0. The highest BCUT2D eigenvalue weighted by Crippen LogP contribution is 2.32. The van der Waals surface area contributed by atoms with Crippen molar-refractivity contribution in [3.63, 3.8) is 0 Å². The molecule has 5 heteroatoms. The highest BCUT2D eigenvalue weighted by Gasteiger charge is 2.05. The molecule has 2 aromatic carbocycles. The summed E-state index contributed by atoms with van der Waals surface area (Å²) in [6.07, 6.45) is 0. The molecule has 0 saturated heterocycles. The number of ether oxygens (including phenoxy) is 1. The zero-order valence-corrected chi connectivity index (χ0v) is 12.0. The Balaban J connectivity index is 2.28. The third-order valence-electron chi connectivity index (χ3n) is 2.46. The number of benzene rings is 2. The molecule has 0 aliphatic heterocycles. The van der Waals surface area contributed by atoms with E-state index in [2.05, 4.69) is 21.2 Å². The van der Waals surface area contributed by atoms with E-state index in [1.807, 2.05) is 30.3 Å². The molecule has 0 aromatic heterocycles. The van der Waals surface area contributed by atoms with E-state index in [1.54, 1.807) is 13.2 Å². The average molecular weight is 328 g/mol. The van der Waals surface area contributed by atoms with Crippen LogP contribution in [0, 0.1) is 0 Å².